The van der Waals surface area contributed by atoms with Crippen molar-refractivity contribution in [3.8, 4) is 11.5 Å². The molecule has 0 heterocycles. The van der Waals surface area contributed by atoms with Gasteiger partial charge >= 0.3 is 0 Å². The van der Waals surface area contributed by atoms with E-state index in [-0.39, 0.29) is 11.4 Å². The first-order chi connectivity index (χ1) is 12.1. The van der Waals surface area contributed by atoms with Crippen molar-refractivity contribution in [3.63, 3.8) is 0 Å². The number of anilines is 1. The van der Waals surface area contributed by atoms with E-state index in [4.69, 9.17) is 4.74 Å². The smallest absolute Gasteiger partial charge is 0.269 e. The first kappa shape index (κ1) is 18.3. The van der Waals surface area contributed by atoms with Crippen LogP contribution in [0.3, 0.4) is 0 Å². The summed E-state index contributed by atoms with van der Waals surface area (Å²) in [5.41, 5.74) is 1.52. The van der Waals surface area contributed by atoms with Gasteiger partial charge in [-0.1, -0.05) is 6.07 Å². The van der Waals surface area contributed by atoms with Crippen molar-refractivity contribution in [2.45, 2.75) is 13.3 Å². The lowest BCUT2D eigenvalue weighted by Crippen LogP contribution is -2.03. The van der Waals surface area contributed by atoms with Crippen molar-refractivity contribution in [3.05, 3.63) is 58.1 Å². The zero-order chi connectivity index (χ0) is 18.1. The molecule has 2 aromatic carbocycles. The third kappa shape index (κ3) is 5.49. The van der Waals surface area contributed by atoms with Crippen LogP contribution in [0.2, 0.25) is 0 Å². The summed E-state index contributed by atoms with van der Waals surface area (Å²) < 4.78 is 5.33. The fraction of sp³-hybridized carbons (Fsp3) is 0.278. The summed E-state index contributed by atoms with van der Waals surface area (Å²) in [5, 5.41) is 23.8. The fourth-order valence-corrected chi connectivity index (χ4v) is 2.18. The van der Waals surface area contributed by atoms with Crippen molar-refractivity contribution < 1.29 is 14.8 Å². The average molecular weight is 343 g/mol. The fourth-order valence-electron chi connectivity index (χ4n) is 2.18. The van der Waals surface area contributed by atoms with E-state index in [1.165, 1.54) is 12.1 Å². The number of para-hydroxylation sites is 1. The summed E-state index contributed by atoms with van der Waals surface area (Å²) >= 11 is 0. The van der Waals surface area contributed by atoms with E-state index in [0.717, 1.165) is 12.1 Å². The number of nitrogens with zero attached hydrogens (tertiary/aromatic N) is 2. The molecule has 2 rings (SSSR count). The van der Waals surface area contributed by atoms with E-state index in [1.807, 2.05) is 13.0 Å². The molecule has 0 aliphatic carbocycles. The maximum absolute atomic E-state index is 10.6. The predicted octanol–water partition coefficient (Wildman–Crippen LogP) is 3.62. The third-order valence-electron chi connectivity index (χ3n) is 3.43. The highest BCUT2D eigenvalue weighted by atomic mass is 16.6. The topological polar surface area (TPSA) is 97.0 Å². The predicted molar refractivity (Wildman–Crippen MR) is 97.9 cm³/mol. The van der Waals surface area contributed by atoms with Gasteiger partial charge < -0.3 is 15.2 Å². The van der Waals surface area contributed by atoms with Crippen LogP contribution < -0.4 is 10.1 Å². The van der Waals surface area contributed by atoms with Crippen LogP contribution in [0.5, 0.6) is 11.5 Å². The van der Waals surface area contributed by atoms with Gasteiger partial charge in [0.15, 0.2) is 11.5 Å². The molecule has 0 fully saturated rings. The van der Waals surface area contributed by atoms with Gasteiger partial charge in [-0.2, -0.15) is 0 Å². The van der Waals surface area contributed by atoms with Crippen LogP contribution in [0.1, 0.15) is 18.9 Å². The molecule has 0 aliphatic rings. The number of hydrogen-bond acceptors (Lipinski definition) is 6. The Bertz CT molecular complexity index is 730. The Morgan fingerprint density at radius 3 is 2.72 bits per heavy atom. The molecule has 132 valence electrons. The second-order valence-electron chi connectivity index (χ2n) is 5.25. The van der Waals surface area contributed by atoms with Crippen LogP contribution in [0.15, 0.2) is 47.5 Å². The molecule has 0 spiro atoms. The zero-order valence-electron chi connectivity index (χ0n) is 14.0. The summed E-state index contributed by atoms with van der Waals surface area (Å²) in [6.07, 6.45) is 2.42. The normalized spacial score (nSPS) is 10.8. The molecule has 0 amide bonds. The first-order valence-corrected chi connectivity index (χ1v) is 8.04. The van der Waals surface area contributed by atoms with Crippen molar-refractivity contribution in [1.29, 1.82) is 0 Å². The van der Waals surface area contributed by atoms with Crippen LogP contribution in [-0.2, 0) is 0 Å². The summed E-state index contributed by atoms with van der Waals surface area (Å²) in [6, 6.07) is 11.6. The van der Waals surface area contributed by atoms with E-state index in [1.54, 1.807) is 30.5 Å². The number of ether oxygens (including phenoxy) is 1. The second kappa shape index (κ2) is 9.27. The van der Waals surface area contributed by atoms with Crippen molar-refractivity contribution in [2.75, 3.05) is 25.0 Å². The molecule has 0 saturated carbocycles. The van der Waals surface area contributed by atoms with E-state index in [0.29, 0.717) is 31.0 Å². The standard InChI is InChI=1S/C18H21N3O4/c1-2-25-17-6-3-5-14(18(17)22)13-19-11-4-12-20-15-7-9-16(10-8-15)21(23)24/h3,5-10,13,20,22H,2,4,11-12H2,1H3. The third-order valence-corrected chi connectivity index (χ3v) is 3.43. The number of benzene rings is 2. The van der Waals surface area contributed by atoms with Gasteiger partial charge in [-0.05, 0) is 37.6 Å². The lowest BCUT2D eigenvalue weighted by Gasteiger charge is -2.07. The van der Waals surface area contributed by atoms with Gasteiger partial charge in [0, 0.05) is 42.7 Å². The molecule has 0 atom stereocenters. The van der Waals surface area contributed by atoms with Gasteiger partial charge in [0.05, 0.1) is 11.5 Å². The lowest BCUT2D eigenvalue weighted by molar-refractivity contribution is -0.384. The van der Waals surface area contributed by atoms with E-state index >= 15 is 0 Å². The Hall–Kier alpha value is -3.09. The molecule has 7 nitrogen and oxygen atoms in total. The Balaban J connectivity index is 1.76. The molecule has 0 radical (unpaired) electrons. The molecule has 7 heteroatoms. The highest BCUT2D eigenvalue weighted by Gasteiger charge is 2.05. The molecule has 0 unspecified atom stereocenters. The Kier molecular flexibility index (Phi) is 6.76. The van der Waals surface area contributed by atoms with Gasteiger partial charge in [-0.25, -0.2) is 0 Å². The molecular formula is C18H21N3O4. The molecule has 0 bridgehead atoms. The number of nitrogens with one attached hydrogen (secondary N) is 1. The van der Waals surface area contributed by atoms with Gasteiger partial charge in [0.1, 0.15) is 0 Å². The van der Waals surface area contributed by atoms with Gasteiger partial charge in [-0.15, -0.1) is 0 Å². The summed E-state index contributed by atoms with van der Waals surface area (Å²) in [5.74, 6) is 0.545. The maximum Gasteiger partial charge on any atom is 0.269 e. The van der Waals surface area contributed by atoms with Crippen molar-refractivity contribution in [1.82, 2.24) is 0 Å². The van der Waals surface area contributed by atoms with Crippen LogP contribution in [0.4, 0.5) is 11.4 Å². The van der Waals surface area contributed by atoms with Crippen LogP contribution in [0, 0.1) is 10.1 Å². The number of aliphatic imine (C=N–C) groups is 1. The monoisotopic (exact) mass is 343 g/mol. The summed E-state index contributed by atoms with van der Waals surface area (Å²) in [4.78, 5) is 14.5. The average Bonchev–Trinajstić information content (AvgIpc) is 2.61. The minimum absolute atomic E-state index is 0.0734. The second-order valence-corrected chi connectivity index (χ2v) is 5.25. The highest BCUT2D eigenvalue weighted by molar-refractivity contribution is 5.84. The molecular weight excluding hydrogens is 322 g/mol. The summed E-state index contributed by atoms with van der Waals surface area (Å²) in [7, 11) is 0. The van der Waals surface area contributed by atoms with Crippen molar-refractivity contribution in [2.24, 2.45) is 4.99 Å². The minimum atomic E-state index is -0.422. The number of hydrogen-bond donors (Lipinski definition) is 2. The quantitative estimate of drug-likeness (QED) is 0.314. The Labute approximate surface area is 146 Å². The first-order valence-electron chi connectivity index (χ1n) is 8.04. The Morgan fingerprint density at radius 2 is 2.04 bits per heavy atom. The van der Waals surface area contributed by atoms with Gasteiger partial charge in [0.2, 0.25) is 0 Å². The minimum Gasteiger partial charge on any atom is -0.504 e. The number of aromatic hydroxyl groups is 1. The number of non-ortho nitro benzene ring substituents is 1. The number of phenols is 1. The van der Waals surface area contributed by atoms with E-state index in [9.17, 15) is 15.2 Å². The molecule has 0 aliphatic heterocycles. The van der Waals surface area contributed by atoms with Gasteiger partial charge in [0.25, 0.3) is 5.69 Å². The number of rotatable bonds is 9. The van der Waals surface area contributed by atoms with Crippen LogP contribution >= 0.6 is 0 Å². The van der Waals surface area contributed by atoms with Crippen molar-refractivity contribution >= 4 is 17.6 Å². The highest BCUT2D eigenvalue weighted by Crippen LogP contribution is 2.28. The number of nitro benzene ring substituents is 1. The molecule has 2 aromatic rings. The number of nitro groups is 1. The SMILES string of the molecule is CCOc1cccc(C=NCCCNc2ccc([N+](=O)[O-])cc2)c1O. The summed E-state index contributed by atoms with van der Waals surface area (Å²) in [6.45, 7) is 3.64. The lowest BCUT2D eigenvalue weighted by atomic mass is 10.2. The molecule has 2 N–H and O–H groups in total. The van der Waals surface area contributed by atoms with Crippen LogP contribution in [-0.4, -0.2) is 35.9 Å². The van der Waals surface area contributed by atoms with Gasteiger partial charge in [-0.3, -0.25) is 15.1 Å². The maximum atomic E-state index is 10.6. The van der Waals surface area contributed by atoms with E-state index in [2.05, 4.69) is 10.3 Å². The molecule has 0 saturated heterocycles. The number of phenolic OH excluding ortho intramolecular Hbond substituents is 1. The Morgan fingerprint density at radius 1 is 1.28 bits per heavy atom. The molecule has 0 aromatic heterocycles. The van der Waals surface area contributed by atoms with Crippen LogP contribution in [0.25, 0.3) is 0 Å². The molecule has 25 heavy (non-hydrogen) atoms. The zero-order valence-corrected chi connectivity index (χ0v) is 14.0. The van der Waals surface area contributed by atoms with E-state index < -0.39 is 4.92 Å². The largest absolute Gasteiger partial charge is 0.504 e.